The summed E-state index contributed by atoms with van der Waals surface area (Å²) in [7, 11) is 0. The van der Waals surface area contributed by atoms with E-state index in [-0.39, 0.29) is 41.1 Å². The van der Waals surface area contributed by atoms with Gasteiger partial charge in [-0.15, -0.1) is 0 Å². The van der Waals surface area contributed by atoms with Crippen molar-refractivity contribution in [1.82, 2.24) is 0 Å². The maximum atomic E-state index is 12.4. The molecule has 9 heteroatoms. The number of nitrogens with zero attached hydrogens (tertiary/aromatic N) is 1. The fraction of sp³-hybridized carbons (Fsp3) is 0.227. The van der Waals surface area contributed by atoms with Gasteiger partial charge in [-0.05, 0) is 61.9 Å². The van der Waals surface area contributed by atoms with Gasteiger partial charge in [0, 0.05) is 5.69 Å². The van der Waals surface area contributed by atoms with Crippen LogP contribution in [0.3, 0.4) is 0 Å². The fourth-order valence-corrected chi connectivity index (χ4v) is 2.74. The summed E-state index contributed by atoms with van der Waals surface area (Å²) >= 11 is 6.29. The standard InChI is InChI=1S/C22H21ClN2O6/c1-3-29-19-11-14(10-18(23)21(19)31-13-20(27)30-4-2)9-15(12-24)22(28)25-16-5-7-17(26)8-6-16/h5-11,26H,3-4,13H2,1-2H3,(H,25,28)/b15-9+. The van der Waals surface area contributed by atoms with Crippen LogP contribution in [0.25, 0.3) is 6.08 Å². The lowest BCUT2D eigenvalue weighted by Gasteiger charge is -2.14. The summed E-state index contributed by atoms with van der Waals surface area (Å²) in [6, 6.07) is 10.7. The number of esters is 1. The van der Waals surface area contributed by atoms with Crippen LogP contribution in [-0.4, -0.2) is 36.8 Å². The number of nitrogens with one attached hydrogen (secondary N) is 1. The average Bonchev–Trinajstić information content (AvgIpc) is 2.73. The van der Waals surface area contributed by atoms with Crippen LogP contribution in [0.5, 0.6) is 17.2 Å². The molecule has 0 fully saturated rings. The number of amides is 1. The summed E-state index contributed by atoms with van der Waals surface area (Å²) < 4.78 is 15.8. The van der Waals surface area contributed by atoms with Crippen molar-refractivity contribution in [3.8, 4) is 23.3 Å². The number of halogens is 1. The summed E-state index contributed by atoms with van der Waals surface area (Å²) in [5.74, 6) is -0.729. The monoisotopic (exact) mass is 444 g/mol. The zero-order valence-corrected chi connectivity index (χ0v) is 17.7. The number of nitriles is 1. The molecule has 0 heterocycles. The van der Waals surface area contributed by atoms with E-state index in [1.54, 1.807) is 19.9 Å². The Morgan fingerprint density at radius 3 is 2.48 bits per heavy atom. The fourth-order valence-electron chi connectivity index (χ4n) is 2.47. The SMILES string of the molecule is CCOC(=O)COc1c(Cl)cc(/C=C(\C#N)C(=O)Nc2ccc(O)cc2)cc1OCC. The van der Waals surface area contributed by atoms with Gasteiger partial charge in [0.05, 0.1) is 18.2 Å². The van der Waals surface area contributed by atoms with Crippen LogP contribution in [0.4, 0.5) is 5.69 Å². The minimum atomic E-state index is -0.634. The Balaban J connectivity index is 2.27. The zero-order chi connectivity index (χ0) is 22.8. The molecular formula is C22H21ClN2O6. The maximum absolute atomic E-state index is 12.4. The Labute approximate surface area is 184 Å². The average molecular weight is 445 g/mol. The molecule has 162 valence electrons. The Kier molecular flexibility index (Phi) is 8.73. The lowest BCUT2D eigenvalue weighted by Crippen LogP contribution is -2.15. The number of phenolic OH excluding ortho intramolecular Hbond substituents is 1. The van der Waals surface area contributed by atoms with Crippen molar-refractivity contribution in [3.63, 3.8) is 0 Å². The number of aromatic hydroxyl groups is 1. The van der Waals surface area contributed by atoms with Crippen LogP contribution >= 0.6 is 11.6 Å². The highest BCUT2D eigenvalue weighted by atomic mass is 35.5. The normalized spacial score (nSPS) is 10.7. The van der Waals surface area contributed by atoms with Crippen LogP contribution in [-0.2, 0) is 14.3 Å². The van der Waals surface area contributed by atoms with E-state index in [0.717, 1.165) is 0 Å². The number of hydrogen-bond acceptors (Lipinski definition) is 7. The van der Waals surface area contributed by atoms with Crippen LogP contribution in [0, 0.1) is 11.3 Å². The first-order valence-corrected chi connectivity index (χ1v) is 9.72. The van der Waals surface area contributed by atoms with Crippen LogP contribution < -0.4 is 14.8 Å². The van der Waals surface area contributed by atoms with E-state index in [4.69, 9.17) is 25.8 Å². The van der Waals surface area contributed by atoms with Gasteiger partial charge in [-0.3, -0.25) is 4.79 Å². The second-order valence-corrected chi connectivity index (χ2v) is 6.43. The number of hydrogen-bond donors (Lipinski definition) is 2. The number of carbonyl (C=O) groups is 2. The van der Waals surface area contributed by atoms with Crippen molar-refractivity contribution in [3.05, 3.63) is 52.6 Å². The third kappa shape index (κ3) is 6.94. The van der Waals surface area contributed by atoms with Crippen molar-refractivity contribution in [2.75, 3.05) is 25.1 Å². The molecule has 0 aromatic heterocycles. The molecule has 0 aliphatic heterocycles. The Hall–Kier alpha value is -3.70. The molecule has 0 spiro atoms. The Bertz CT molecular complexity index is 1010. The van der Waals surface area contributed by atoms with Crippen molar-refractivity contribution in [1.29, 1.82) is 5.26 Å². The quantitative estimate of drug-likeness (QED) is 0.260. The lowest BCUT2D eigenvalue weighted by atomic mass is 10.1. The van der Waals surface area contributed by atoms with Crippen LogP contribution in [0.2, 0.25) is 5.02 Å². The topological polar surface area (TPSA) is 118 Å². The van der Waals surface area contributed by atoms with Gasteiger partial charge in [-0.2, -0.15) is 5.26 Å². The van der Waals surface area contributed by atoms with Crippen LogP contribution in [0.15, 0.2) is 42.0 Å². The number of carbonyl (C=O) groups excluding carboxylic acids is 2. The third-order valence-electron chi connectivity index (χ3n) is 3.77. The molecule has 0 atom stereocenters. The van der Waals surface area contributed by atoms with Gasteiger partial charge in [-0.1, -0.05) is 11.6 Å². The molecule has 0 bridgehead atoms. The Morgan fingerprint density at radius 1 is 1.16 bits per heavy atom. The molecule has 2 N–H and O–H groups in total. The van der Waals surface area contributed by atoms with Crippen molar-refractivity contribution in [2.45, 2.75) is 13.8 Å². The molecule has 0 radical (unpaired) electrons. The molecule has 1 amide bonds. The number of anilines is 1. The van der Waals surface area contributed by atoms with Crippen LogP contribution in [0.1, 0.15) is 19.4 Å². The third-order valence-corrected chi connectivity index (χ3v) is 4.05. The van der Waals surface area contributed by atoms with E-state index in [1.807, 2.05) is 6.07 Å². The molecular weight excluding hydrogens is 424 g/mol. The number of benzene rings is 2. The smallest absolute Gasteiger partial charge is 0.344 e. The lowest BCUT2D eigenvalue weighted by molar-refractivity contribution is -0.145. The summed E-state index contributed by atoms with van der Waals surface area (Å²) in [5, 5.41) is 21.4. The van der Waals surface area contributed by atoms with Gasteiger partial charge in [-0.25, -0.2) is 4.79 Å². The maximum Gasteiger partial charge on any atom is 0.344 e. The van der Waals surface area contributed by atoms with Gasteiger partial charge in [0.25, 0.3) is 5.91 Å². The van der Waals surface area contributed by atoms with Gasteiger partial charge in [0.1, 0.15) is 17.4 Å². The molecule has 0 unspecified atom stereocenters. The predicted octanol–water partition coefficient (Wildman–Crippen LogP) is 3.93. The molecule has 8 nitrogen and oxygen atoms in total. The van der Waals surface area contributed by atoms with Gasteiger partial charge >= 0.3 is 5.97 Å². The Morgan fingerprint density at radius 2 is 1.87 bits per heavy atom. The van der Waals surface area contributed by atoms with E-state index in [1.165, 1.54) is 36.4 Å². The van der Waals surface area contributed by atoms with E-state index in [9.17, 15) is 20.0 Å². The summed E-state index contributed by atoms with van der Waals surface area (Å²) in [5.41, 5.74) is 0.667. The molecule has 0 aliphatic rings. The zero-order valence-electron chi connectivity index (χ0n) is 17.0. The molecule has 0 aliphatic carbocycles. The molecule has 0 saturated carbocycles. The highest BCUT2D eigenvalue weighted by Gasteiger charge is 2.16. The first-order valence-electron chi connectivity index (χ1n) is 9.34. The van der Waals surface area contributed by atoms with E-state index in [0.29, 0.717) is 17.9 Å². The molecule has 2 rings (SSSR count). The van der Waals surface area contributed by atoms with E-state index >= 15 is 0 Å². The highest BCUT2D eigenvalue weighted by Crippen LogP contribution is 2.37. The van der Waals surface area contributed by atoms with Gasteiger partial charge in [0.15, 0.2) is 18.1 Å². The first-order chi connectivity index (χ1) is 14.9. The highest BCUT2D eigenvalue weighted by molar-refractivity contribution is 6.32. The largest absolute Gasteiger partial charge is 0.508 e. The number of ether oxygens (including phenoxy) is 3. The molecule has 31 heavy (non-hydrogen) atoms. The minimum absolute atomic E-state index is 0.0532. The minimum Gasteiger partial charge on any atom is -0.508 e. The van der Waals surface area contributed by atoms with Crippen molar-refractivity contribution < 1.29 is 28.9 Å². The first kappa shape index (κ1) is 23.6. The molecule has 2 aromatic rings. The van der Waals surface area contributed by atoms with Gasteiger partial charge in [0.2, 0.25) is 0 Å². The van der Waals surface area contributed by atoms with Crippen molar-refractivity contribution >= 4 is 35.2 Å². The van der Waals surface area contributed by atoms with Gasteiger partial charge < -0.3 is 24.6 Å². The summed E-state index contributed by atoms with van der Waals surface area (Å²) in [6.45, 7) is 3.62. The van der Waals surface area contributed by atoms with E-state index < -0.39 is 11.9 Å². The summed E-state index contributed by atoms with van der Waals surface area (Å²) in [4.78, 5) is 24.0. The predicted molar refractivity (Wildman–Crippen MR) is 115 cm³/mol. The molecule has 0 saturated heterocycles. The van der Waals surface area contributed by atoms with Crippen molar-refractivity contribution in [2.24, 2.45) is 0 Å². The van der Waals surface area contributed by atoms with E-state index in [2.05, 4.69) is 5.32 Å². The number of phenols is 1. The molecule has 2 aromatic carbocycles. The number of rotatable bonds is 9. The second-order valence-electron chi connectivity index (χ2n) is 6.03. The summed E-state index contributed by atoms with van der Waals surface area (Å²) in [6.07, 6.45) is 1.35. The second kappa shape index (κ2) is 11.5.